The minimum Gasteiger partial charge on any atom is -0.267 e. The lowest BCUT2D eigenvalue weighted by Crippen LogP contribution is -2.02. The fourth-order valence-electron chi connectivity index (χ4n) is 1.26. The molecule has 0 aliphatic heterocycles. The second-order valence-corrected chi connectivity index (χ2v) is 4.92. The third kappa shape index (κ3) is 2.66. The van der Waals surface area contributed by atoms with Gasteiger partial charge in [0.25, 0.3) is 0 Å². The second kappa shape index (κ2) is 4.45. The average molecular weight is 334 g/mol. The molecule has 0 saturated carbocycles. The van der Waals surface area contributed by atoms with Crippen LogP contribution in [0.5, 0.6) is 0 Å². The minimum atomic E-state index is -0.218. The summed E-state index contributed by atoms with van der Waals surface area (Å²) in [5.74, 6) is -0.218. The van der Waals surface area contributed by atoms with Gasteiger partial charge in [-0.3, -0.25) is 4.68 Å². The van der Waals surface area contributed by atoms with Gasteiger partial charge in [-0.1, -0.05) is 15.9 Å². The van der Waals surface area contributed by atoms with Gasteiger partial charge in [-0.25, -0.2) is 4.39 Å². The highest BCUT2D eigenvalue weighted by atomic mass is 79.9. The maximum absolute atomic E-state index is 13.4. The molecule has 0 saturated heterocycles. The number of rotatable bonds is 2. The molecule has 15 heavy (non-hydrogen) atoms. The largest absolute Gasteiger partial charge is 0.267 e. The smallest absolute Gasteiger partial charge is 0.128 e. The fraction of sp³-hybridized carbons (Fsp3) is 0.100. The molecule has 0 radical (unpaired) electrons. The molecule has 1 aromatic heterocycles. The molecule has 0 amide bonds. The Morgan fingerprint density at radius 2 is 2.07 bits per heavy atom. The lowest BCUT2D eigenvalue weighted by molar-refractivity contribution is 0.584. The van der Waals surface area contributed by atoms with Crippen LogP contribution in [-0.2, 0) is 6.54 Å². The van der Waals surface area contributed by atoms with Crippen LogP contribution in [0.15, 0.2) is 39.5 Å². The zero-order valence-corrected chi connectivity index (χ0v) is 10.8. The highest BCUT2D eigenvalue weighted by Gasteiger charge is 2.04. The topological polar surface area (TPSA) is 17.8 Å². The monoisotopic (exact) mass is 332 g/mol. The summed E-state index contributed by atoms with van der Waals surface area (Å²) in [4.78, 5) is 0. The molecular weight excluding hydrogens is 327 g/mol. The van der Waals surface area contributed by atoms with Crippen molar-refractivity contribution in [2.45, 2.75) is 6.54 Å². The number of nitrogens with zero attached hydrogens (tertiary/aromatic N) is 2. The van der Waals surface area contributed by atoms with Gasteiger partial charge < -0.3 is 0 Å². The van der Waals surface area contributed by atoms with Gasteiger partial charge in [0.2, 0.25) is 0 Å². The molecular formula is C10H7Br2FN2. The summed E-state index contributed by atoms with van der Waals surface area (Å²) in [6, 6.07) is 4.88. The van der Waals surface area contributed by atoms with Gasteiger partial charge in [-0.2, -0.15) is 5.10 Å². The van der Waals surface area contributed by atoms with E-state index in [1.54, 1.807) is 29.2 Å². The highest BCUT2D eigenvalue weighted by Crippen LogP contribution is 2.17. The lowest BCUT2D eigenvalue weighted by atomic mass is 10.2. The van der Waals surface area contributed by atoms with E-state index in [0.29, 0.717) is 12.1 Å². The molecule has 0 N–H and O–H groups in total. The van der Waals surface area contributed by atoms with Crippen molar-refractivity contribution >= 4 is 31.9 Å². The van der Waals surface area contributed by atoms with E-state index in [0.717, 1.165) is 8.95 Å². The fourth-order valence-corrected chi connectivity index (χ4v) is 2.00. The van der Waals surface area contributed by atoms with E-state index in [9.17, 15) is 4.39 Å². The van der Waals surface area contributed by atoms with Crippen LogP contribution >= 0.6 is 31.9 Å². The molecule has 2 nitrogen and oxygen atoms in total. The summed E-state index contributed by atoms with van der Waals surface area (Å²) in [6.45, 7) is 0.427. The van der Waals surface area contributed by atoms with Gasteiger partial charge in [-0.15, -0.1) is 0 Å². The molecule has 78 valence electrons. The molecule has 1 heterocycles. The summed E-state index contributed by atoms with van der Waals surface area (Å²) in [5.41, 5.74) is 0.611. The van der Waals surface area contributed by atoms with E-state index in [2.05, 4.69) is 37.0 Å². The highest BCUT2D eigenvalue weighted by molar-refractivity contribution is 9.10. The first-order chi connectivity index (χ1) is 7.15. The Balaban J connectivity index is 2.27. The lowest BCUT2D eigenvalue weighted by Gasteiger charge is -2.03. The number of hydrogen-bond acceptors (Lipinski definition) is 1. The van der Waals surface area contributed by atoms with Gasteiger partial charge in [0.1, 0.15) is 5.82 Å². The van der Waals surface area contributed by atoms with Crippen LogP contribution in [-0.4, -0.2) is 9.78 Å². The molecule has 0 spiro atoms. The Bertz CT molecular complexity index is 482. The Labute approximate surface area is 103 Å². The SMILES string of the molecule is Fc1ccc(Br)cc1Cn1cc(Br)cn1. The number of aromatic nitrogens is 2. The van der Waals surface area contributed by atoms with E-state index in [-0.39, 0.29) is 5.82 Å². The van der Waals surface area contributed by atoms with Crippen LogP contribution in [0.3, 0.4) is 0 Å². The van der Waals surface area contributed by atoms with Crippen molar-refractivity contribution in [2.24, 2.45) is 0 Å². The molecule has 0 fully saturated rings. The van der Waals surface area contributed by atoms with Gasteiger partial charge in [-0.05, 0) is 34.1 Å². The summed E-state index contributed by atoms with van der Waals surface area (Å²) < 4.78 is 16.8. The molecule has 5 heteroatoms. The third-order valence-corrected chi connectivity index (χ3v) is 2.84. The van der Waals surface area contributed by atoms with E-state index in [1.807, 2.05) is 0 Å². The van der Waals surface area contributed by atoms with Crippen LogP contribution in [0, 0.1) is 5.82 Å². The van der Waals surface area contributed by atoms with Crippen LogP contribution in [0.25, 0.3) is 0 Å². The molecule has 0 bridgehead atoms. The van der Waals surface area contributed by atoms with Crippen molar-refractivity contribution < 1.29 is 4.39 Å². The van der Waals surface area contributed by atoms with Gasteiger partial charge in [0.05, 0.1) is 17.2 Å². The molecule has 0 aliphatic carbocycles. The number of benzene rings is 1. The van der Waals surface area contributed by atoms with Crippen LogP contribution in [0.2, 0.25) is 0 Å². The molecule has 0 aliphatic rings. The van der Waals surface area contributed by atoms with Crippen molar-refractivity contribution in [3.8, 4) is 0 Å². The van der Waals surface area contributed by atoms with E-state index in [1.165, 1.54) is 6.07 Å². The Morgan fingerprint density at radius 3 is 2.73 bits per heavy atom. The van der Waals surface area contributed by atoms with Gasteiger partial charge in [0.15, 0.2) is 0 Å². The van der Waals surface area contributed by atoms with Crippen LogP contribution < -0.4 is 0 Å². The molecule has 1 aromatic carbocycles. The van der Waals surface area contributed by atoms with Gasteiger partial charge >= 0.3 is 0 Å². The molecule has 0 atom stereocenters. The predicted octanol–water partition coefficient (Wildman–Crippen LogP) is 3.60. The zero-order valence-electron chi connectivity index (χ0n) is 7.62. The standard InChI is InChI=1S/C10H7Br2FN2/c11-8-1-2-10(13)7(3-8)5-15-6-9(12)4-14-15/h1-4,6H,5H2. The van der Waals surface area contributed by atoms with E-state index < -0.39 is 0 Å². The normalized spacial score (nSPS) is 10.6. The molecule has 2 rings (SSSR count). The van der Waals surface area contributed by atoms with Crippen molar-refractivity contribution in [3.63, 3.8) is 0 Å². The quantitative estimate of drug-likeness (QED) is 0.821. The van der Waals surface area contributed by atoms with E-state index in [4.69, 9.17) is 0 Å². The first kappa shape index (κ1) is 10.8. The summed E-state index contributed by atoms with van der Waals surface area (Å²) in [6.07, 6.45) is 3.48. The van der Waals surface area contributed by atoms with Crippen molar-refractivity contribution in [1.82, 2.24) is 9.78 Å². The maximum Gasteiger partial charge on any atom is 0.128 e. The minimum absolute atomic E-state index is 0.218. The van der Waals surface area contributed by atoms with E-state index >= 15 is 0 Å². The Morgan fingerprint density at radius 1 is 1.27 bits per heavy atom. The third-order valence-electron chi connectivity index (χ3n) is 1.94. The first-order valence-electron chi connectivity index (χ1n) is 4.27. The second-order valence-electron chi connectivity index (χ2n) is 3.09. The Hall–Kier alpha value is -0.680. The zero-order chi connectivity index (χ0) is 10.8. The summed E-state index contributed by atoms with van der Waals surface area (Å²) in [7, 11) is 0. The summed E-state index contributed by atoms with van der Waals surface area (Å²) >= 11 is 6.60. The van der Waals surface area contributed by atoms with Crippen LogP contribution in [0.1, 0.15) is 5.56 Å². The average Bonchev–Trinajstić information content (AvgIpc) is 2.58. The predicted molar refractivity (Wildman–Crippen MR) is 63.1 cm³/mol. The van der Waals surface area contributed by atoms with Crippen molar-refractivity contribution in [3.05, 3.63) is 50.9 Å². The maximum atomic E-state index is 13.4. The van der Waals surface area contributed by atoms with Crippen molar-refractivity contribution in [1.29, 1.82) is 0 Å². The molecule has 2 aromatic rings. The van der Waals surface area contributed by atoms with Gasteiger partial charge in [0, 0.05) is 16.2 Å². The van der Waals surface area contributed by atoms with Crippen molar-refractivity contribution in [2.75, 3.05) is 0 Å². The first-order valence-corrected chi connectivity index (χ1v) is 5.85. The Kier molecular flexibility index (Phi) is 3.21. The summed E-state index contributed by atoms with van der Waals surface area (Å²) in [5, 5.41) is 4.07. The molecule has 0 unspecified atom stereocenters. The van der Waals surface area contributed by atoms with Crippen LogP contribution in [0.4, 0.5) is 4.39 Å². The number of halogens is 3. The number of hydrogen-bond donors (Lipinski definition) is 0.